The normalized spacial score (nSPS) is 23.1. The molecule has 1 aliphatic heterocycles. The van der Waals surface area contributed by atoms with Crippen LogP contribution in [-0.2, 0) is 21.2 Å². The van der Waals surface area contributed by atoms with E-state index in [0.717, 1.165) is 19.4 Å². The molecule has 1 saturated heterocycles. The van der Waals surface area contributed by atoms with E-state index in [4.69, 9.17) is 0 Å². The molecule has 1 aromatic carbocycles. The molecule has 6 heteroatoms. The lowest BCUT2D eigenvalue weighted by atomic mass is 10.1. The van der Waals surface area contributed by atoms with Gasteiger partial charge in [0.25, 0.3) is 0 Å². The summed E-state index contributed by atoms with van der Waals surface area (Å²) >= 11 is 0. The highest BCUT2D eigenvalue weighted by molar-refractivity contribution is 7.91. The Bertz CT molecular complexity index is 683. The second-order valence-corrected chi connectivity index (χ2v) is 9.02. The Morgan fingerprint density at radius 2 is 2.09 bits per heavy atom. The summed E-state index contributed by atoms with van der Waals surface area (Å²) in [6.45, 7) is 3.18. The molecule has 5 nitrogen and oxygen atoms in total. The number of carbonyl (C=O) groups is 1. The fraction of sp³-hybridized carbons (Fsp3) is 0.588. The minimum absolute atomic E-state index is 0.0633. The van der Waals surface area contributed by atoms with Gasteiger partial charge in [-0.15, -0.1) is 0 Å². The molecule has 23 heavy (non-hydrogen) atoms. The summed E-state index contributed by atoms with van der Waals surface area (Å²) in [6.07, 6.45) is 2.81. The average Bonchev–Trinajstić information content (AvgIpc) is 3.24. The molecule has 1 amide bonds. The number of nitrogens with zero attached hydrogens (tertiary/aromatic N) is 1. The highest BCUT2D eigenvalue weighted by Gasteiger charge is 2.32. The highest BCUT2D eigenvalue weighted by Crippen LogP contribution is 2.28. The van der Waals surface area contributed by atoms with Gasteiger partial charge in [-0.1, -0.05) is 29.8 Å². The molecular formula is C17H24N2O3S. The second-order valence-electron chi connectivity index (χ2n) is 6.79. The molecule has 1 saturated carbocycles. The monoisotopic (exact) mass is 336 g/mol. The molecule has 1 N–H and O–H groups in total. The fourth-order valence-corrected chi connectivity index (χ4v) is 4.84. The van der Waals surface area contributed by atoms with Gasteiger partial charge in [0.05, 0.1) is 18.1 Å². The van der Waals surface area contributed by atoms with Crippen LogP contribution in [0.2, 0.25) is 0 Å². The quantitative estimate of drug-likeness (QED) is 0.849. The summed E-state index contributed by atoms with van der Waals surface area (Å²) in [4.78, 5) is 14.5. The molecule has 0 unspecified atom stereocenters. The van der Waals surface area contributed by atoms with E-state index in [1.54, 1.807) is 0 Å². The third-order valence-corrected chi connectivity index (χ3v) is 6.24. The molecule has 3 rings (SSSR count). The molecule has 1 aromatic rings. The van der Waals surface area contributed by atoms with Crippen molar-refractivity contribution < 1.29 is 13.2 Å². The number of aryl methyl sites for hydroxylation is 1. The summed E-state index contributed by atoms with van der Waals surface area (Å²) in [7, 11) is -2.96. The van der Waals surface area contributed by atoms with Crippen molar-refractivity contribution in [3.05, 3.63) is 35.4 Å². The zero-order chi connectivity index (χ0) is 16.4. The largest absolute Gasteiger partial charge is 0.351 e. The van der Waals surface area contributed by atoms with E-state index in [9.17, 15) is 13.2 Å². The number of hydrogen-bond acceptors (Lipinski definition) is 4. The summed E-state index contributed by atoms with van der Waals surface area (Å²) in [5, 5.41) is 2.88. The van der Waals surface area contributed by atoms with Crippen LogP contribution in [0.25, 0.3) is 0 Å². The lowest BCUT2D eigenvalue weighted by Crippen LogP contribution is -2.43. The van der Waals surface area contributed by atoms with E-state index >= 15 is 0 Å². The second kappa shape index (κ2) is 6.61. The SMILES string of the molecule is Cc1cccc(CN(CC(=O)N[C@H]2CCS(=O)(=O)C2)C2CC2)c1. The predicted octanol–water partition coefficient (Wildman–Crippen LogP) is 1.26. The van der Waals surface area contributed by atoms with Crippen molar-refractivity contribution in [2.45, 2.75) is 44.8 Å². The van der Waals surface area contributed by atoms with Crippen LogP contribution in [-0.4, -0.2) is 49.4 Å². The Hall–Kier alpha value is -1.40. The maximum atomic E-state index is 12.3. The van der Waals surface area contributed by atoms with E-state index in [-0.39, 0.29) is 23.5 Å². The van der Waals surface area contributed by atoms with Gasteiger partial charge in [0.2, 0.25) is 5.91 Å². The Morgan fingerprint density at radius 1 is 1.30 bits per heavy atom. The molecule has 0 bridgehead atoms. The van der Waals surface area contributed by atoms with Crippen LogP contribution in [0, 0.1) is 6.92 Å². The number of rotatable bonds is 6. The zero-order valence-electron chi connectivity index (χ0n) is 13.5. The highest BCUT2D eigenvalue weighted by atomic mass is 32.2. The first kappa shape index (κ1) is 16.5. The van der Waals surface area contributed by atoms with Gasteiger partial charge in [-0.05, 0) is 31.7 Å². The average molecular weight is 336 g/mol. The van der Waals surface area contributed by atoms with Gasteiger partial charge < -0.3 is 5.32 Å². The molecule has 2 aliphatic rings. The lowest BCUT2D eigenvalue weighted by Gasteiger charge is -2.22. The first-order valence-corrected chi connectivity index (χ1v) is 10.0. The number of amides is 1. The Morgan fingerprint density at radius 3 is 2.70 bits per heavy atom. The molecule has 0 radical (unpaired) electrons. The number of nitrogens with one attached hydrogen (secondary N) is 1. The third kappa shape index (κ3) is 4.78. The minimum Gasteiger partial charge on any atom is -0.351 e. The molecule has 1 aliphatic carbocycles. The number of hydrogen-bond donors (Lipinski definition) is 1. The topological polar surface area (TPSA) is 66.5 Å². The molecule has 1 atom stereocenters. The van der Waals surface area contributed by atoms with Crippen molar-refractivity contribution in [3.8, 4) is 0 Å². The van der Waals surface area contributed by atoms with Gasteiger partial charge in [0.15, 0.2) is 9.84 Å². The smallest absolute Gasteiger partial charge is 0.234 e. The molecule has 2 fully saturated rings. The summed E-state index contributed by atoms with van der Waals surface area (Å²) in [5.74, 6) is 0.208. The van der Waals surface area contributed by atoms with E-state index < -0.39 is 9.84 Å². The number of benzene rings is 1. The van der Waals surface area contributed by atoms with Crippen LogP contribution in [0.5, 0.6) is 0 Å². The lowest BCUT2D eigenvalue weighted by molar-refractivity contribution is -0.123. The van der Waals surface area contributed by atoms with Gasteiger partial charge >= 0.3 is 0 Å². The summed E-state index contributed by atoms with van der Waals surface area (Å²) < 4.78 is 22.9. The van der Waals surface area contributed by atoms with Crippen LogP contribution in [0.1, 0.15) is 30.4 Å². The third-order valence-electron chi connectivity index (χ3n) is 4.48. The van der Waals surface area contributed by atoms with Crippen LogP contribution >= 0.6 is 0 Å². The maximum absolute atomic E-state index is 12.3. The molecule has 126 valence electrons. The van der Waals surface area contributed by atoms with Crippen LogP contribution < -0.4 is 5.32 Å². The van der Waals surface area contributed by atoms with E-state index in [0.29, 0.717) is 19.0 Å². The standard InChI is InChI=1S/C17H24N2O3S/c1-13-3-2-4-14(9-13)10-19(16-5-6-16)11-17(20)18-15-7-8-23(21,22)12-15/h2-4,9,15-16H,5-8,10-12H2,1H3,(H,18,20)/t15-/m0/s1. The van der Waals surface area contributed by atoms with E-state index in [2.05, 4.69) is 35.3 Å². The summed E-state index contributed by atoms with van der Waals surface area (Å²) in [5.41, 5.74) is 2.44. The van der Waals surface area contributed by atoms with Gasteiger partial charge in [-0.2, -0.15) is 0 Å². The van der Waals surface area contributed by atoms with Crippen LogP contribution in [0.15, 0.2) is 24.3 Å². The van der Waals surface area contributed by atoms with Crippen molar-refractivity contribution in [3.63, 3.8) is 0 Å². The van der Waals surface area contributed by atoms with Crippen molar-refractivity contribution in [2.75, 3.05) is 18.1 Å². The zero-order valence-corrected chi connectivity index (χ0v) is 14.3. The van der Waals surface area contributed by atoms with Gasteiger partial charge in [-0.25, -0.2) is 8.42 Å². The van der Waals surface area contributed by atoms with Gasteiger partial charge in [-0.3, -0.25) is 9.69 Å². The first-order valence-electron chi connectivity index (χ1n) is 8.21. The van der Waals surface area contributed by atoms with E-state index in [1.165, 1.54) is 11.1 Å². The Labute approximate surface area is 138 Å². The van der Waals surface area contributed by atoms with Gasteiger partial charge in [0, 0.05) is 18.6 Å². The van der Waals surface area contributed by atoms with Crippen LogP contribution in [0.3, 0.4) is 0 Å². The van der Waals surface area contributed by atoms with Crippen LogP contribution in [0.4, 0.5) is 0 Å². The first-order chi connectivity index (χ1) is 10.9. The molecular weight excluding hydrogens is 312 g/mol. The minimum atomic E-state index is -2.96. The van der Waals surface area contributed by atoms with Crippen molar-refractivity contribution >= 4 is 15.7 Å². The molecule has 0 aromatic heterocycles. The summed E-state index contributed by atoms with van der Waals surface area (Å²) in [6, 6.07) is 8.61. The Kier molecular flexibility index (Phi) is 4.73. The maximum Gasteiger partial charge on any atom is 0.234 e. The number of carbonyl (C=O) groups excluding carboxylic acids is 1. The Balaban J connectivity index is 1.56. The van der Waals surface area contributed by atoms with E-state index in [1.807, 2.05) is 6.07 Å². The van der Waals surface area contributed by atoms with Crippen molar-refractivity contribution in [1.29, 1.82) is 0 Å². The van der Waals surface area contributed by atoms with Crippen molar-refractivity contribution in [1.82, 2.24) is 10.2 Å². The predicted molar refractivity (Wildman–Crippen MR) is 89.8 cm³/mol. The molecule has 1 heterocycles. The van der Waals surface area contributed by atoms with Crippen molar-refractivity contribution in [2.24, 2.45) is 0 Å². The molecule has 0 spiro atoms. The van der Waals surface area contributed by atoms with Gasteiger partial charge in [0.1, 0.15) is 0 Å². The fourth-order valence-electron chi connectivity index (χ4n) is 3.17. The number of sulfone groups is 1.